The SMILES string of the molecule is C[C@]1(C(=O)NCc2ccco2)CC(c2cccs2)=NO1. The van der Waals surface area contributed by atoms with Crippen LogP contribution in [0.25, 0.3) is 0 Å². The van der Waals surface area contributed by atoms with Gasteiger partial charge < -0.3 is 14.6 Å². The van der Waals surface area contributed by atoms with E-state index < -0.39 is 5.60 Å². The van der Waals surface area contributed by atoms with Crippen molar-refractivity contribution >= 4 is 23.0 Å². The molecule has 0 saturated heterocycles. The highest BCUT2D eigenvalue weighted by atomic mass is 32.1. The molecule has 104 valence electrons. The van der Waals surface area contributed by atoms with E-state index in [0.717, 1.165) is 10.6 Å². The zero-order valence-electron chi connectivity index (χ0n) is 11.0. The van der Waals surface area contributed by atoms with E-state index in [0.29, 0.717) is 18.7 Å². The minimum Gasteiger partial charge on any atom is -0.467 e. The molecule has 0 saturated carbocycles. The maximum absolute atomic E-state index is 12.2. The molecule has 0 spiro atoms. The average Bonchev–Trinajstić information content (AvgIpc) is 3.17. The summed E-state index contributed by atoms with van der Waals surface area (Å²) in [4.78, 5) is 18.6. The van der Waals surface area contributed by atoms with Gasteiger partial charge in [0.15, 0.2) is 0 Å². The number of oxime groups is 1. The van der Waals surface area contributed by atoms with Crippen LogP contribution in [0.5, 0.6) is 0 Å². The molecule has 0 fully saturated rings. The Bertz CT molecular complexity index is 619. The summed E-state index contributed by atoms with van der Waals surface area (Å²) >= 11 is 1.59. The third-order valence-corrected chi connectivity index (χ3v) is 4.07. The van der Waals surface area contributed by atoms with E-state index in [9.17, 15) is 4.79 Å². The Balaban J connectivity index is 1.61. The highest BCUT2D eigenvalue weighted by Crippen LogP contribution is 2.28. The Labute approximate surface area is 120 Å². The predicted molar refractivity (Wildman–Crippen MR) is 75.5 cm³/mol. The number of nitrogens with one attached hydrogen (secondary N) is 1. The van der Waals surface area contributed by atoms with Gasteiger partial charge in [-0.05, 0) is 30.5 Å². The van der Waals surface area contributed by atoms with Crippen molar-refractivity contribution in [3.63, 3.8) is 0 Å². The number of amides is 1. The maximum atomic E-state index is 12.2. The molecule has 20 heavy (non-hydrogen) atoms. The van der Waals surface area contributed by atoms with E-state index in [2.05, 4.69) is 10.5 Å². The molecule has 1 N–H and O–H groups in total. The van der Waals surface area contributed by atoms with E-state index in [-0.39, 0.29) is 5.91 Å². The van der Waals surface area contributed by atoms with Gasteiger partial charge in [0, 0.05) is 6.42 Å². The third kappa shape index (κ3) is 2.46. The van der Waals surface area contributed by atoms with Gasteiger partial charge in [-0.3, -0.25) is 4.79 Å². The Hall–Kier alpha value is -2.08. The molecule has 1 aliphatic rings. The van der Waals surface area contributed by atoms with Gasteiger partial charge in [-0.1, -0.05) is 11.2 Å². The van der Waals surface area contributed by atoms with Crippen LogP contribution in [0.2, 0.25) is 0 Å². The normalized spacial score (nSPS) is 21.4. The molecule has 5 nitrogen and oxygen atoms in total. The second kappa shape index (κ2) is 5.13. The predicted octanol–water partition coefficient (Wildman–Crippen LogP) is 2.54. The fourth-order valence-corrected chi connectivity index (χ4v) is 2.71. The zero-order valence-corrected chi connectivity index (χ0v) is 11.8. The quantitative estimate of drug-likeness (QED) is 0.941. The molecule has 0 unspecified atom stereocenters. The Morgan fingerprint density at radius 2 is 2.40 bits per heavy atom. The van der Waals surface area contributed by atoms with Crippen LogP contribution in [0, 0.1) is 0 Å². The number of furan rings is 1. The Kier molecular flexibility index (Phi) is 3.31. The van der Waals surface area contributed by atoms with Crippen molar-refractivity contribution in [3.8, 4) is 0 Å². The smallest absolute Gasteiger partial charge is 0.267 e. The second-order valence-corrected chi connectivity index (χ2v) is 5.72. The summed E-state index contributed by atoms with van der Waals surface area (Å²) in [5.74, 6) is 0.517. The van der Waals surface area contributed by atoms with Crippen molar-refractivity contribution in [1.82, 2.24) is 5.32 Å². The number of carbonyl (C=O) groups excluding carboxylic acids is 1. The monoisotopic (exact) mass is 290 g/mol. The van der Waals surface area contributed by atoms with Crippen LogP contribution < -0.4 is 5.32 Å². The van der Waals surface area contributed by atoms with E-state index in [1.165, 1.54) is 0 Å². The molecule has 1 atom stereocenters. The van der Waals surface area contributed by atoms with Gasteiger partial charge in [0.1, 0.15) is 11.5 Å². The largest absolute Gasteiger partial charge is 0.467 e. The number of thiophene rings is 1. The third-order valence-electron chi connectivity index (χ3n) is 3.15. The van der Waals surface area contributed by atoms with Gasteiger partial charge in [0.2, 0.25) is 5.60 Å². The van der Waals surface area contributed by atoms with Crippen LogP contribution >= 0.6 is 11.3 Å². The summed E-state index contributed by atoms with van der Waals surface area (Å²) < 4.78 is 5.18. The molecule has 3 rings (SSSR count). The molecule has 6 heteroatoms. The average molecular weight is 290 g/mol. The molecule has 2 aromatic heterocycles. The van der Waals surface area contributed by atoms with Crippen LogP contribution in [0.4, 0.5) is 0 Å². The van der Waals surface area contributed by atoms with Crippen molar-refractivity contribution in [2.45, 2.75) is 25.5 Å². The standard InChI is InChI=1S/C14H14N2O3S/c1-14(13(17)15-9-10-4-2-6-18-10)8-11(16-19-14)12-5-3-7-20-12/h2-7H,8-9H2,1H3,(H,15,17)/t14-/m1/s1. The van der Waals surface area contributed by atoms with E-state index in [1.807, 2.05) is 23.6 Å². The van der Waals surface area contributed by atoms with Crippen molar-refractivity contribution < 1.29 is 14.0 Å². The molecule has 1 aliphatic heterocycles. The first kappa shape index (κ1) is 12.9. The molecule has 2 aromatic rings. The highest BCUT2D eigenvalue weighted by Gasteiger charge is 2.42. The lowest BCUT2D eigenvalue weighted by atomic mass is 9.98. The number of hydrogen-bond acceptors (Lipinski definition) is 5. The fraction of sp³-hybridized carbons (Fsp3) is 0.286. The van der Waals surface area contributed by atoms with Crippen molar-refractivity contribution in [2.75, 3.05) is 0 Å². The lowest BCUT2D eigenvalue weighted by Gasteiger charge is -2.19. The van der Waals surface area contributed by atoms with Gasteiger partial charge in [0.05, 0.1) is 17.7 Å². The molecule has 0 radical (unpaired) electrons. The van der Waals surface area contributed by atoms with Crippen LogP contribution in [0.15, 0.2) is 45.5 Å². The summed E-state index contributed by atoms with van der Waals surface area (Å²) in [6.45, 7) is 2.09. The first-order valence-corrected chi connectivity index (χ1v) is 7.15. The van der Waals surface area contributed by atoms with Crippen molar-refractivity contribution in [2.24, 2.45) is 5.16 Å². The number of carbonyl (C=O) groups is 1. The second-order valence-electron chi connectivity index (χ2n) is 4.78. The zero-order chi connectivity index (χ0) is 14.0. The molecule has 0 bridgehead atoms. The summed E-state index contributed by atoms with van der Waals surface area (Å²) in [6, 6.07) is 7.52. The van der Waals surface area contributed by atoms with Gasteiger partial charge in [0.25, 0.3) is 5.91 Å². The van der Waals surface area contributed by atoms with Crippen LogP contribution in [0.1, 0.15) is 24.0 Å². The number of hydrogen-bond donors (Lipinski definition) is 1. The summed E-state index contributed by atoms with van der Waals surface area (Å²) in [7, 11) is 0. The topological polar surface area (TPSA) is 63.8 Å². The van der Waals surface area contributed by atoms with Crippen LogP contribution in [0.3, 0.4) is 0 Å². The first-order valence-electron chi connectivity index (χ1n) is 6.27. The summed E-state index contributed by atoms with van der Waals surface area (Å²) in [6.07, 6.45) is 2.05. The Morgan fingerprint density at radius 3 is 3.10 bits per heavy atom. The summed E-state index contributed by atoms with van der Waals surface area (Å²) in [5.41, 5.74) is -0.137. The Morgan fingerprint density at radius 1 is 1.50 bits per heavy atom. The van der Waals surface area contributed by atoms with E-state index >= 15 is 0 Å². The highest BCUT2D eigenvalue weighted by molar-refractivity contribution is 7.12. The molecule has 3 heterocycles. The minimum absolute atomic E-state index is 0.191. The fourth-order valence-electron chi connectivity index (χ4n) is 2.00. The van der Waals surface area contributed by atoms with E-state index in [1.54, 1.807) is 30.6 Å². The van der Waals surface area contributed by atoms with E-state index in [4.69, 9.17) is 9.25 Å². The van der Waals surface area contributed by atoms with Crippen LogP contribution in [-0.2, 0) is 16.2 Å². The van der Waals surface area contributed by atoms with Gasteiger partial charge in [-0.15, -0.1) is 11.3 Å². The number of nitrogens with zero attached hydrogens (tertiary/aromatic N) is 1. The van der Waals surface area contributed by atoms with Crippen LogP contribution in [-0.4, -0.2) is 17.2 Å². The van der Waals surface area contributed by atoms with Gasteiger partial charge in [-0.2, -0.15) is 0 Å². The lowest BCUT2D eigenvalue weighted by molar-refractivity contribution is -0.141. The van der Waals surface area contributed by atoms with Gasteiger partial charge >= 0.3 is 0 Å². The lowest BCUT2D eigenvalue weighted by Crippen LogP contribution is -2.44. The van der Waals surface area contributed by atoms with Gasteiger partial charge in [-0.25, -0.2) is 0 Å². The summed E-state index contributed by atoms with van der Waals surface area (Å²) in [5, 5.41) is 8.82. The molecular weight excluding hydrogens is 276 g/mol. The number of rotatable bonds is 4. The molecule has 1 amide bonds. The first-order chi connectivity index (χ1) is 9.67. The maximum Gasteiger partial charge on any atom is 0.267 e. The van der Waals surface area contributed by atoms with Crippen molar-refractivity contribution in [1.29, 1.82) is 0 Å². The van der Waals surface area contributed by atoms with Crippen molar-refractivity contribution in [3.05, 3.63) is 46.5 Å². The molecule has 0 aliphatic carbocycles. The minimum atomic E-state index is -0.952. The molecule has 0 aromatic carbocycles. The molecular formula is C14H14N2O3S.